The van der Waals surface area contributed by atoms with Crippen molar-refractivity contribution in [3.63, 3.8) is 0 Å². The van der Waals surface area contributed by atoms with Crippen molar-refractivity contribution in [3.05, 3.63) is 39.8 Å². The Morgan fingerprint density at radius 2 is 2.00 bits per heavy atom. The van der Waals surface area contributed by atoms with E-state index in [4.69, 9.17) is 0 Å². The molecule has 0 heterocycles. The van der Waals surface area contributed by atoms with E-state index in [0.29, 0.717) is 15.9 Å². The van der Waals surface area contributed by atoms with E-state index in [2.05, 4.69) is 27.6 Å². The molecule has 116 valence electrons. The highest BCUT2D eigenvalue weighted by Gasteiger charge is 2.32. The molecule has 6 heteroatoms. The number of hydrogen-bond donors (Lipinski definition) is 0. The highest BCUT2D eigenvalue weighted by atomic mass is 79.9. The topological polar surface area (TPSA) is 12.4 Å². The number of rotatable bonds is 5. The van der Waals surface area contributed by atoms with E-state index >= 15 is 0 Å². The Bertz CT molecular complexity index is 550. The molecule has 1 aromatic rings. The fraction of sp³-hybridized carbons (Fsp3) is 0.400. The van der Waals surface area contributed by atoms with Gasteiger partial charge in [0.1, 0.15) is 0 Å². The summed E-state index contributed by atoms with van der Waals surface area (Å²) < 4.78 is 39.7. The predicted molar refractivity (Wildman–Crippen MR) is 88.9 cm³/mol. The molecular weight excluding hydrogens is 363 g/mol. The van der Waals surface area contributed by atoms with Gasteiger partial charge in [0, 0.05) is 10.5 Å². The smallest absolute Gasteiger partial charge is 0.263 e. The summed E-state index contributed by atoms with van der Waals surface area (Å²) in [6, 6.07) is 4.28. The van der Waals surface area contributed by atoms with E-state index in [1.165, 1.54) is 24.8 Å². The fourth-order valence-corrected chi connectivity index (χ4v) is 3.46. The molecule has 21 heavy (non-hydrogen) atoms. The van der Waals surface area contributed by atoms with E-state index in [1.54, 1.807) is 6.07 Å². The molecule has 1 nitrogen and oxygen atoms in total. The maximum atomic E-state index is 13.0. The Labute approximate surface area is 135 Å². The summed E-state index contributed by atoms with van der Waals surface area (Å²) in [6.07, 6.45) is -4.37. The number of alkyl halides is 4. The molecule has 0 radical (unpaired) electrons. The average Bonchev–Trinajstić information content (AvgIpc) is 2.38. The maximum absolute atomic E-state index is 13.0. The van der Waals surface area contributed by atoms with Crippen LogP contribution >= 0.6 is 27.7 Å². The molecule has 0 aliphatic rings. The number of hydrogen-bond acceptors (Lipinski definition) is 2. The molecule has 0 fully saturated rings. The van der Waals surface area contributed by atoms with Crippen molar-refractivity contribution in [1.29, 1.82) is 0 Å². The average molecular weight is 380 g/mol. The summed E-state index contributed by atoms with van der Waals surface area (Å²) in [4.78, 5) is 4.89. The summed E-state index contributed by atoms with van der Waals surface area (Å²) >= 11 is 4.84. The summed E-state index contributed by atoms with van der Waals surface area (Å²) in [6.45, 7) is 8.93. The van der Waals surface area contributed by atoms with Gasteiger partial charge in [-0.05, 0) is 31.2 Å². The molecule has 1 rings (SSSR count). The molecule has 0 saturated carbocycles. The lowest BCUT2D eigenvalue weighted by molar-refractivity contribution is -0.138. The molecule has 0 atom stereocenters. The van der Waals surface area contributed by atoms with Gasteiger partial charge in [0.05, 0.1) is 15.9 Å². The largest absolute Gasteiger partial charge is 0.416 e. The molecule has 0 aliphatic carbocycles. The molecule has 0 amide bonds. The van der Waals surface area contributed by atoms with Crippen molar-refractivity contribution in [2.45, 2.75) is 26.9 Å². The van der Waals surface area contributed by atoms with Crippen molar-refractivity contribution in [2.75, 3.05) is 4.66 Å². The van der Waals surface area contributed by atoms with Gasteiger partial charge in [-0.1, -0.05) is 41.9 Å². The van der Waals surface area contributed by atoms with Crippen LogP contribution in [0.2, 0.25) is 0 Å². The van der Waals surface area contributed by atoms with Crippen molar-refractivity contribution in [1.82, 2.24) is 0 Å². The first-order valence-corrected chi connectivity index (χ1v) is 8.41. The third-order valence-electron chi connectivity index (χ3n) is 2.94. The van der Waals surface area contributed by atoms with Gasteiger partial charge in [-0.25, -0.2) is 0 Å². The zero-order valence-corrected chi connectivity index (χ0v) is 14.5. The van der Waals surface area contributed by atoms with E-state index < -0.39 is 11.7 Å². The van der Waals surface area contributed by atoms with Crippen LogP contribution in [0.1, 0.15) is 30.5 Å². The molecule has 0 bridgehead atoms. The third-order valence-corrected chi connectivity index (χ3v) is 4.71. The van der Waals surface area contributed by atoms with E-state index in [9.17, 15) is 13.2 Å². The van der Waals surface area contributed by atoms with Gasteiger partial charge >= 0.3 is 6.18 Å². The predicted octanol–water partition coefficient (Wildman–Crippen LogP) is 6.12. The minimum atomic E-state index is -4.37. The van der Waals surface area contributed by atoms with Crippen LogP contribution in [0.3, 0.4) is 0 Å². The van der Waals surface area contributed by atoms with Crippen molar-refractivity contribution in [2.24, 2.45) is 10.9 Å². The number of benzene rings is 1. The quantitative estimate of drug-likeness (QED) is 0.443. The highest BCUT2D eigenvalue weighted by Crippen LogP contribution is 2.38. The first-order valence-electron chi connectivity index (χ1n) is 6.30. The fourth-order valence-electron chi connectivity index (χ4n) is 1.95. The first kappa shape index (κ1) is 18.3. The molecule has 1 aromatic carbocycles. The van der Waals surface area contributed by atoms with Gasteiger partial charge in [-0.15, -0.1) is 11.8 Å². The molecule has 0 spiro atoms. The lowest BCUT2D eigenvalue weighted by Crippen LogP contribution is -2.08. The number of allylic oxidation sites excluding steroid dienone is 1. The Hall–Kier alpha value is -0.750. The van der Waals surface area contributed by atoms with Gasteiger partial charge in [0.25, 0.3) is 0 Å². The standard InChI is InChI=1S/C15H17BrF3NS/c1-9(2)14(21-8-16)13(20-4)11-6-5-10(3)12(7-11)15(17,18)19/h5-7,9H,4,8H2,1-3H3/b14-13-. The number of nitrogens with zero attached hydrogens (tertiary/aromatic N) is 1. The summed E-state index contributed by atoms with van der Waals surface area (Å²) in [5, 5.41) is 0. The van der Waals surface area contributed by atoms with Gasteiger partial charge in [0.15, 0.2) is 0 Å². The lowest BCUT2D eigenvalue weighted by Gasteiger charge is -2.16. The normalized spacial score (nSPS) is 13.3. The van der Waals surface area contributed by atoms with Crippen LogP contribution < -0.4 is 0 Å². The van der Waals surface area contributed by atoms with E-state index in [1.807, 2.05) is 13.8 Å². The SMILES string of the molecule is C=N/C(=C(\SCBr)C(C)C)c1ccc(C)c(C(F)(F)F)c1. The molecule has 0 unspecified atom stereocenters. The molecule has 0 saturated heterocycles. The van der Waals surface area contributed by atoms with Crippen LogP contribution in [-0.2, 0) is 6.18 Å². The highest BCUT2D eigenvalue weighted by molar-refractivity contribution is 9.11. The number of halogens is 4. The molecule has 0 aliphatic heterocycles. The van der Waals surface area contributed by atoms with Crippen LogP contribution in [-0.4, -0.2) is 11.4 Å². The van der Waals surface area contributed by atoms with Crippen LogP contribution in [0.5, 0.6) is 0 Å². The van der Waals surface area contributed by atoms with Gasteiger partial charge in [-0.3, -0.25) is 4.99 Å². The second-order valence-electron chi connectivity index (χ2n) is 4.81. The first-order chi connectivity index (χ1) is 9.72. The van der Waals surface area contributed by atoms with E-state index in [0.717, 1.165) is 11.0 Å². The van der Waals surface area contributed by atoms with E-state index in [-0.39, 0.29) is 11.5 Å². The Morgan fingerprint density at radius 3 is 2.43 bits per heavy atom. The van der Waals surface area contributed by atoms with Crippen LogP contribution in [0, 0.1) is 12.8 Å². The van der Waals surface area contributed by atoms with Crippen LogP contribution in [0.4, 0.5) is 13.2 Å². The van der Waals surface area contributed by atoms with Gasteiger partial charge < -0.3 is 0 Å². The third kappa shape index (κ3) is 4.61. The second-order valence-corrected chi connectivity index (χ2v) is 7.13. The van der Waals surface area contributed by atoms with Crippen molar-refractivity contribution in [3.8, 4) is 0 Å². The number of thioether (sulfide) groups is 1. The zero-order chi connectivity index (χ0) is 16.2. The Balaban J connectivity index is 3.49. The summed E-state index contributed by atoms with van der Waals surface area (Å²) in [5.41, 5.74) is 0.530. The van der Waals surface area contributed by atoms with Crippen molar-refractivity contribution < 1.29 is 13.2 Å². The molecular formula is C15H17BrF3NS. The lowest BCUT2D eigenvalue weighted by atomic mass is 10.0. The van der Waals surface area contributed by atoms with Crippen LogP contribution in [0.25, 0.3) is 5.70 Å². The Kier molecular flexibility index (Phi) is 6.53. The monoisotopic (exact) mass is 379 g/mol. The van der Waals surface area contributed by atoms with Crippen LogP contribution in [0.15, 0.2) is 28.1 Å². The minimum Gasteiger partial charge on any atom is -0.263 e. The minimum absolute atomic E-state index is 0.156. The van der Waals surface area contributed by atoms with Crippen molar-refractivity contribution >= 4 is 40.1 Å². The summed E-state index contributed by atoms with van der Waals surface area (Å²) in [5.74, 6) is 0.156. The summed E-state index contributed by atoms with van der Waals surface area (Å²) in [7, 11) is 0. The number of aryl methyl sites for hydroxylation is 1. The molecule has 0 N–H and O–H groups in total. The second kappa shape index (κ2) is 7.49. The molecule has 0 aromatic heterocycles. The number of aliphatic imine (C=N–C) groups is 1. The van der Waals surface area contributed by atoms with Gasteiger partial charge in [-0.2, -0.15) is 13.2 Å². The van der Waals surface area contributed by atoms with Gasteiger partial charge in [0.2, 0.25) is 0 Å². The maximum Gasteiger partial charge on any atom is 0.416 e. The Morgan fingerprint density at radius 1 is 1.38 bits per heavy atom. The zero-order valence-electron chi connectivity index (χ0n) is 12.1.